The first-order valence-electron chi connectivity index (χ1n) is 13.0. The first-order chi connectivity index (χ1) is 18.1. The van der Waals surface area contributed by atoms with Gasteiger partial charge in [0.2, 0.25) is 0 Å². The number of allylic oxidation sites excluding steroid dienone is 7. The molecule has 0 fully saturated rings. The van der Waals surface area contributed by atoms with E-state index in [2.05, 4.69) is 116 Å². The Balaban J connectivity index is 1.78. The minimum atomic E-state index is 0.276. The summed E-state index contributed by atoms with van der Waals surface area (Å²) in [7, 11) is 0. The van der Waals surface area contributed by atoms with Crippen molar-refractivity contribution < 1.29 is 0 Å². The Morgan fingerprint density at radius 1 is 0.865 bits per heavy atom. The molecule has 0 bridgehead atoms. The second-order valence-electron chi connectivity index (χ2n) is 9.89. The van der Waals surface area contributed by atoms with E-state index in [1.807, 2.05) is 18.2 Å². The molecular formula is C35H32N2. The number of fused-ring (bicyclic) bond motifs is 5. The maximum atomic E-state index is 4.05. The Morgan fingerprint density at radius 2 is 1.59 bits per heavy atom. The second-order valence-corrected chi connectivity index (χ2v) is 9.89. The lowest BCUT2D eigenvalue weighted by Gasteiger charge is -2.12. The molecule has 1 atom stereocenters. The molecule has 0 amide bonds. The van der Waals surface area contributed by atoms with Crippen molar-refractivity contribution >= 4 is 51.8 Å². The number of nitrogens with zero attached hydrogens (tertiary/aromatic N) is 2. The zero-order valence-electron chi connectivity index (χ0n) is 21.7. The van der Waals surface area contributed by atoms with E-state index in [1.54, 1.807) is 0 Å². The van der Waals surface area contributed by atoms with Crippen LogP contribution in [0.4, 0.5) is 0 Å². The molecular weight excluding hydrogens is 448 g/mol. The first kappa shape index (κ1) is 23.1. The van der Waals surface area contributed by atoms with Gasteiger partial charge in [-0.15, -0.1) is 6.58 Å². The van der Waals surface area contributed by atoms with Gasteiger partial charge >= 0.3 is 0 Å². The molecule has 2 heterocycles. The average molecular weight is 481 g/mol. The van der Waals surface area contributed by atoms with Crippen molar-refractivity contribution in [3.63, 3.8) is 0 Å². The third-order valence-electron chi connectivity index (χ3n) is 7.92. The molecule has 0 saturated heterocycles. The molecule has 4 aromatic rings. The summed E-state index contributed by atoms with van der Waals surface area (Å²) in [6, 6.07) is 13.3. The minimum absolute atomic E-state index is 0.276. The Hall–Kier alpha value is -4.30. The fraction of sp³-hybridized carbons (Fsp3) is 0.143. The molecule has 2 aromatic heterocycles. The highest BCUT2D eigenvalue weighted by atomic mass is 15.0. The fourth-order valence-corrected chi connectivity index (χ4v) is 6.08. The standard InChI is InChI=1S/C35H32N2/c1-6-9-12-28-24(5)36(30-20-17-26(8-3)23(30)4)32-21-22-33-35(34(28)32)29-13-10-11-14-31(29)37(33)27-18-15-25(7-2)16-19-27/h6-9,12-22,26H,1-3,10-11H2,4-5H3/b12-9-. The number of rotatable bonds is 6. The van der Waals surface area contributed by atoms with Gasteiger partial charge in [0.25, 0.3) is 0 Å². The van der Waals surface area contributed by atoms with E-state index in [-0.39, 0.29) is 5.92 Å². The van der Waals surface area contributed by atoms with Gasteiger partial charge in [0.15, 0.2) is 0 Å². The van der Waals surface area contributed by atoms with Crippen molar-refractivity contribution in [1.82, 2.24) is 9.13 Å². The van der Waals surface area contributed by atoms with Gasteiger partial charge in [0, 0.05) is 49.9 Å². The number of hydrogen-bond acceptors (Lipinski definition) is 0. The highest BCUT2D eigenvalue weighted by molar-refractivity contribution is 6.13. The minimum Gasteiger partial charge on any atom is -0.313 e. The van der Waals surface area contributed by atoms with E-state index in [0.29, 0.717) is 0 Å². The fourth-order valence-electron chi connectivity index (χ4n) is 6.08. The Bertz CT molecular complexity index is 1830. The van der Waals surface area contributed by atoms with Crippen LogP contribution >= 0.6 is 0 Å². The van der Waals surface area contributed by atoms with Crippen molar-refractivity contribution in [2.24, 2.45) is 5.92 Å². The third kappa shape index (κ3) is 3.40. The maximum absolute atomic E-state index is 4.05. The van der Waals surface area contributed by atoms with Gasteiger partial charge in [-0.1, -0.05) is 73.9 Å². The predicted molar refractivity (Wildman–Crippen MR) is 162 cm³/mol. The normalized spacial score (nSPS) is 16.9. The van der Waals surface area contributed by atoms with Gasteiger partial charge in [-0.25, -0.2) is 0 Å². The van der Waals surface area contributed by atoms with E-state index < -0.39 is 0 Å². The molecule has 37 heavy (non-hydrogen) atoms. The lowest BCUT2D eigenvalue weighted by molar-refractivity contribution is 0.976. The third-order valence-corrected chi connectivity index (χ3v) is 7.92. The van der Waals surface area contributed by atoms with Crippen molar-refractivity contribution in [2.75, 3.05) is 0 Å². The highest BCUT2D eigenvalue weighted by Gasteiger charge is 2.24. The molecule has 0 radical (unpaired) electrons. The van der Waals surface area contributed by atoms with Gasteiger partial charge in [-0.05, 0) is 68.2 Å². The van der Waals surface area contributed by atoms with E-state index in [4.69, 9.17) is 0 Å². The lowest BCUT2D eigenvalue weighted by atomic mass is 10.0. The second kappa shape index (κ2) is 8.97. The van der Waals surface area contributed by atoms with Crippen molar-refractivity contribution in [3.05, 3.63) is 119 Å². The quantitative estimate of drug-likeness (QED) is 0.198. The van der Waals surface area contributed by atoms with Crippen LogP contribution in [-0.4, -0.2) is 9.13 Å². The summed E-state index contributed by atoms with van der Waals surface area (Å²) in [5.74, 6) is 0.276. The molecule has 0 N–H and O–H groups in total. The molecule has 2 aliphatic rings. The smallest absolute Gasteiger partial charge is 0.0548 e. The molecule has 2 nitrogen and oxygen atoms in total. The number of hydrogen-bond donors (Lipinski definition) is 0. The molecule has 2 heteroatoms. The van der Waals surface area contributed by atoms with Crippen LogP contribution in [0.5, 0.6) is 0 Å². The summed E-state index contributed by atoms with van der Waals surface area (Å²) in [4.78, 5) is 0. The molecule has 0 aliphatic heterocycles. The largest absolute Gasteiger partial charge is 0.313 e. The number of aromatic nitrogens is 2. The summed E-state index contributed by atoms with van der Waals surface area (Å²) in [6.45, 7) is 16.4. The molecule has 0 spiro atoms. The van der Waals surface area contributed by atoms with Crippen LogP contribution in [0.3, 0.4) is 0 Å². The van der Waals surface area contributed by atoms with E-state index in [9.17, 15) is 0 Å². The van der Waals surface area contributed by atoms with Gasteiger partial charge < -0.3 is 9.13 Å². The van der Waals surface area contributed by atoms with Crippen LogP contribution in [0.2, 0.25) is 0 Å². The summed E-state index contributed by atoms with van der Waals surface area (Å²) < 4.78 is 4.86. The molecule has 1 unspecified atom stereocenters. The Kier molecular flexibility index (Phi) is 5.61. The Morgan fingerprint density at radius 3 is 2.27 bits per heavy atom. The van der Waals surface area contributed by atoms with Crippen molar-refractivity contribution in [2.45, 2.75) is 26.7 Å². The first-order valence-corrected chi connectivity index (χ1v) is 13.0. The average Bonchev–Trinajstić information content (AvgIpc) is 3.55. The van der Waals surface area contributed by atoms with Crippen LogP contribution < -0.4 is 10.6 Å². The zero-order valence-corrected chi connectivity index (χ0v) is 21.7. The maximum Gasteiger partial charge on any atom is 0.0548 e. The van der Waals surface area contributed by atoms with Crippen molar-refractivity contribution in [1.29, 1.82) is 0 Å². The molecule has 2 aliphatic carbocycles. The summed E-state index contributed by atoms with van der Waals surface area (Å²) >= 11 is 0. The molecule has 2 aromatic carbocycles. The van der Waals surface area contributed by atoms with Crippen LogP contribution in [0.25, 0.3) is 57.5 Å². The SMILES string of the molecule is C=C/C=C\c1c(C)n(C2=C(C)C(C=C)C=C2)c2ccc3c(c4c(n3-c3ccc(C=C)cc3)=CCCC=4)c12. The van der Waals surface area contributed by atoms with Gasteiger partial charge in [-0.3, -0.25) is 0 Å². The highest BCUT2D eigenvalue weighted by Crippen LogP contribution is 2.38. The van der Waals surface area contributed by atoms with Crippen LogP contribution in [0.15, 0.2) is 92.1 Å². The zero-order chi connectivity index (χ0) is 25.7. The van der Waals surface area contributed by atoms with E-state index >= 15 is 0 Å². The van der Waals surface area contributed by atoms with Crippen molar-refractivity contribution in [3.8, 4) is 5.69 Å². The van der Waals surface area contributed by atoms with E-state index in [1.165, 1.54) is 60.6 Å². The number of benzene rings is 2. The van der Waals surface area contributed by atoms with Gasteiger partial charge in [0.1, 0.15) is 0 Å². The monoisotopic (exact) mass is 480 g/mol. The molecule has 6 rings (SSSR count). The van der Waals surface area contributed by atoms with Gasteiger partial charge in [0.05, 0.1) is 11.0 Å². The van der Waals surface area contributed by atoms with Crippen LogP contribution in [0.1, 0.15) is 36.6 Å². The molecule has 0 saturated carbocycles. The van der Waals surface area contributed by atoms with Crippen LogP contribution in [0, 0.1) is 12.8 Å². The topological polar surface area (TPSA) is 9.86 Å². The lowest BCUT2D eigenvalue weighted by Crippen LogP contribution is -2.30. The van der Waals surface area contributed by atoms with E-state index in [0.717, 1.165) is 18.4 Å². The summed E-state index contributed by atoms with van der Waals surface area (Å²) in [5.41, 5.74) is 9.83. The van der Waals surface area contributed by atoms with Gasteiger partial charge in [-0.2, -0.15) is 0 Å². The van der Waals surface area contributed by atoms with Crippen LogP contribution in [-0.2, 0) is 0 Å². The molecule has 182 valence electrons. The predicted octanol–water partition coefficient (Wildman–Crippen LogP) is 7.69. The Labute approximate surface area is 218 Å². The summed E-state index contributed by atoms with van der Waals surface area (Å²) in [5, 5.41) is 5.24. The summed E-state index contributed by atoms with van der Waals surface area (Å²) in [6.07, 6.45) is 21.5.